The second-order valence-electron chi connectivity index (χ2n) is 5.35. The Labute approximate surface area is 108 Å². The van der Waals surface area contributed by atoms with Gasteiger partial charge in [0.05, 0.1) is 12.7 Å². The van der Waals surface area contributed by atoms with E-state index in [1.807, 2.05) is 12.1 Å². The SMILES string of the molecule is O[C@@H]1CCCC[C@H]1NC1CCOc2ccccc21. The lowest BCUT2D eigenvalue weighted by molar-refractivity contribution is 0.0805. The molecular weight excluding hydrogens is 226 g/mol. The van der Waals surface area contributed by atoms with Crippen molar-refractivity contribution in [1.82, 2.24) is 5.32 Å². The lowest BCUT2D eigenvalue weighted by Gasteiger charge is -2.34. The van der Waals surface area contributed by atoms with Crippen LogP contribution < -0.4 is 10.1 Å². The molecule has 1 fully saturated rings. The van der Waals surface area contributed by atoms with E-state index in [-0.39, 0.29) is 12.1 Å². The first-order chi connectivity index (χ1) is 8.84. The zero-order valence-corrected chi connectivity index (χ0v) is 10.6. The summed E-state index contributed by atoms with van der Waals surface area (Å²) >= 11 is 0. The highest BCUT2D eigenvalue weighted by Crippen LogP contribution is 2.33. The average Bonchev–Trinajstić information content (AvgIpc) is 2.42. The zero-order chi connectivity index (χ0) is 12.4. The fourth-order valence-electron chi connectivity index (χ4n) is 3.08. The van der Waals surface area contributed by atoms with Crippen LogP contribution in [0, 0.1) is 0 Å². The van der Waals surface area contributed by atoms with Crippen LogP contribution in [0.15, 0.2) is 24.3 Å². The summed E-state index contributed by atoms with van der Waals surface area (Å²) in [4.78, 5) is 0. The molecule has 98 valence electrons. The van der Waals surface area contributed by atoms with Gasteiger partial charge in [-0.3, -0.25) is 0 Å². The second-order valence-corrected chi connectivity index (χ2v) is 5.35. The van der Waals surface area contributed by atoms with Gasteiger partial charge in [0.25, 0.3) is 0 Å². The topological polar surface area (TPSA) is 41.5 Å². The van der Waals surface area contributed by atoms with Crippen LogP contribution in [0.3, 0.4) is 0 Å². The van der Waals surface area contributed by atoms with Gasteiger partial charge in [-0.1, -0.05) is 31.0 Å². The molecule has 1 aliphatic heterocycles. The largest absolute Gasteiger partial charge is 0.493 e. The molecule has 1 aromatic carbocycles. The van der Waals surface area contributed by atoms with Gasteiger partial charge in [-0.05, 0) is 18.9 Å². The third kappa shape index (κ3) is 2.38. The molecule has 0 spiro atoms. The van der Waals surface area contributed by atoms with Crippen molar-refractivity contribution in [3.63, 3.8) is 0 Å². The fraction of sp³-hybridized carbons (Fsp3) is 0.600. The van der Waals surface area contributed by atoms with E-state index in [2.05, 4.69) is 17.4 Å². The number of fused-ring (bicyclic) bond motifs is 1. The third-order valence-corrected chi connectivity index (χ3v) is 4.10. The Balaban J connectivity index is 1.73. The molecule has 1 heterocycles. The highest BCUT2D eigenvalue weighted by Gasteiger charge is 2.28. The average molecular weight is 247 g/mol. The van der Waals surface area contributed by atoms with Gasteiger partial charge in [-0.25, -0.2) is 0 Å². The third-order valence-electron chi connectivity index (χ3n) is 4.10. The Kier molecular flexibility index (Phi) is 3.52. The molecule has 3 heteroatoms. The molecule has 0 bridgehead atoms. The maximum absolute atomic E-state index is 10.1. The van der Waals surface area contributed by atoms with E-state index in [9.17, 15) is 5.11 Å². The van der Waals surface area contributed by atoms with Crippen LogP contribution in [0.5, 0.6) is 5.75 Å². The van der Waals surface area contributed by atoms with Crippen molar-refractivity contribution < 1.29 is 9.84 Å². The van der Waals surface area contributed by atoms with E-state index in [1.165, 1.54) is 12.0 Å². The van der Waals surface area contributed by atoms with E-state index in [4.69, 9.17) is 4.74 Å². The van der Waals surface area contributed by atoms with Gasteiger partial charge in [0.2, 0.25) is 0 Å². The van der Waals surface area contributed by atoms with Crippen LogP contribution in [-0.4, -0.2) is 23.9 Å². The molecule has 0 amide bonds. The summed E-state index contributed by atoms with van der Waals surface area (Å²) in [6.45, 7) is 0.761. The summed E-state index contributed by atoms with van der Waals surface area (Å²) < 4.78 is 5.67. The fourth-order valence-corrected chi connectivity index (χ4v) is 3.08. The molecule has 0 radical (unpaired) electrons. The van der Waals surface area contributed by atoms with Crippen LogP contribution in [0.25, 0.3) is 0 Å². The van der Waals surface area contributed by atoms with Gasteiger partial charge >= 0.3 is 0 Å². The first-order valence-corrected chi connectivity index (χ1v) is 7.00. The maximum atomic E-state index is 10.1. The lowest BCUT2D eigenvalue weighted by atomic mass is 9.90. The number of aliphatic hydroxyl groups excluding tert-OH is 1. The van der Waals surface area contributed by atoms with E-state index in [0.717, 1.165) is 38.0 Å². The quantitative estimate of drug-likeness (QED) is 0.843. The van der Waals surface area contributed by atoms with Crippen LogP contribution in [0.1, 0.15) is 43.7 Å². The molecule has 1 aromatic rings. The van der Waals surface area contributed by atoms with Crippen LogP contribution in [-0.2, 0) is 0 Å². The maximum Gasteiger partial charge on any atom is 0.124 e. The van der Waals surface area contributed by atoms with Crippen LogP contribution >= 0.6 is 0 Å². The van der Waals surface area contributed by atoms with Gasteiger partial charge in [0.15, 0.2) is 0 Å². The number of aliphatic hydroxyl groups is 1. The predicted molar refractivity (Wildman–Crippen MR) is 70.7 cm³/mol. The van der Waals surface area contributed by atoms with Crippen molar-refractivity contribution in [1.29, 1.82) is 0 Å². The smallest absolute Gasteiger partial charge is 0.124 e. The molecule has 1 aliphatic carbocycles. The first kappa shape index (κ1) is 12.0. The highest BCUT2D eigenvalue weighted by molar-refractivity contribution is 5.37. The number of rotatable bonds is 2. The Bertz CT molecular complexity index is 407. The number of nitrogens with one attached hydrogen (secondary N) is 1. The molecule has 3 atom stereocenters. The standard InChI is InChI=1S/C15H21NO2/c17-14-7-3-2-6-13(14)16-12-9-10-18-15-8-4-1-5-11(12)15/h1,4-5,8,12-14,16-17H,2-3,6-7,9-10H2/t12?,13-,14-/m1/s1. The van der Waals surface area contributed by atoms with Crippen molar-refractivity contribution in [3.05, 3.63) is 29.8 Å². The van der Waals surface area contributed by atoms with E-state index < -0.39 is 0 Å². The van der Waals surface area contributed by atoms with Crippen LogP contribution in [0.2, 0.25) is 0 Å². The van der Waals surface area contributed by atoms with Gasteiger partial charge < -0.3 is 15.2 Å². The van der Waals surface area contributed by atoms with Gasteiger partial charge in [-0.2, -0.15) is 0 Å². The summed E-state index contributed by atoms with van der Waals surface area (Å²) in [6, 6.07) is 8.79. The molecule has 3 rings (SSSR count). The van der Waals surface area contributed by atoms with Crippen molar-refractivity contribution in [2.45, 2.75) is 50.3 Å². The molecular formula is C15H21NO2. The minimum absolute atomic E-state index is 0.186. The van der Waals surface area contributed by atoms with E-state index in [0.29, 0.717) is 6.04 Å². The number of ether oxygens (including phenoxy) is 1. The summed E-state index contributed by atoms with van der Waals surface area (Å²) in [7, 11) is 0. The second kappa shape index (κ2) is 5.29. The molecule has 3 nitrogen and oxygen atoms in total. The van der Waals surface area contributed by atoms with Crippen molar-refractivity contribution >= 4 is 0 Å². The predicted octanol–water partition coefficient (Wildman–Crippen LogP) is 2.40. The summed E-state index contributed by atoms with van der Waals surface area (Å²) in [5, 5.41) is 13.7. The molecule has 18 heavy (non-hydrogen) atoms. The molecule has 2 N–H and O–H groups in total. The molecule has 1 unspecified atom stereocenters. The minimum atomic E-state index is -0.186. The number of para-hydroxylation sites is 1. The summed E-state index contributed by atoms with van der Waals surface area (Å²) in [6.07, 6.45) is 5.20. The monoisotopic (exact) mass is 247 g/mol. The van der Waals surface area contributed by atoms with Crippen molar-refractivity contribution in [3.8, 4) is 5.75 Å². The molecule has 2 aliphatic rings. The lowest BCUT2D eigenvalue weighted by Crippen LogP contribution is -2.44. The van der Waals surface area contributed by atoms with Gasteiger partial charge in [0, 0.05) is 24.1 Å². The van der Waals surface area contributed by atoms with E-state index >= 15 is 0 Å². The Hall–Kier alpha value is -1.06. The zero-order valence-electron chi connectivity index (χ0n) is 10.6. The van der Waals surface area contributed by atoms with Gasteiger partial charge in [0.1, 0.15) is 5.75 Å². The molecule has 0 aromatic heterocycles. The Morgan fingerprint density at radius 2 is 1.94 bits per heavy atom. The number of benzene rings is 1. The number of hydrogen-bond donors (Lipinski definition) is 2. The van der Waals surface area contributed by atoms with Crippen LogP contribution in [0.4, 0.5) is 0 Å². The summed E-state index contributed by atoms with van der Waals surface area (Å²) in [5.41, 5.74) is 1.24. The first-order valence-electron chi connectivity index (χ1n) is 7.00. The van der Waals surface area contributed by atoms with Gasteiger partial charge in [-0.15, -0.1) is 0 Å². The molecule has 1 saturated carbocycles. The number of hydrogen-bond acceptors (Lipinski definition) is 3. The van der Waals surface area contributed by atoms with E-state index in [1.54, 1.807) is 0 Å². The van der Waals surface area contributed by atoms with Crippen molar-refractivity contribution in [2.24, 2.45) is 0 Å². The highest BCUT2D eigenvalue weighted by atomic mass is 16.5. The Morgan fingerprint density at radius 1 is 1.11 bits per heavy atom. The molecule has 0 saturated heterocycles. The minimum Gasteiger partial charge on any atom is -0.493 e. The summed E-state index contributed by atoms with van der Waals surface area (Å²) in [5.74, 6) is 0.992. The Morgan fingerprint density at radius 3 is 2.83 bits per heavy atom. The van der Waals surface area contributed by atoms with Crippen molar-refractivity contribution in [2.75, 3.05) is 6.61 Å². The normalized spacial score (nSPS) is 31.5.